The lowest BCUT2D eigenvalue weighted by Crippen LogP contribution is -2.17. The SMILES string of the molecule is N#CCc1ccc(F)c(-c2ccccc2OC(F)(F)F)c1. The van der Waals surface area contributed by atoms with Gasteiger partial charge in [0, 0.05) is 11.1 Å². The van der Waals surface area contributed by atoms with Crippen LogP contribution >= 0.6 is 0 Å². The van der Waals surface area contributed by atoms with Crippen molar-refractivity contribution in [2.45, 2.75) is 12.8 Å². The van der Waals surface area contributed by atoms with Crippen molar-refractivity contribution in [3.63, 3.8) is 0 Å². The first kappa shape index (κ1) is 14.9. The Balaban J connectivity index is 2.52. The Morgan fingerprint density at radius 3 is 2.43 bits per heavy atom. The monoisotopic (exact) mass is 295 g/mol. The Kier molecular flexibility index (Phi) is 4.13. The number of nitrogens with zero attached hydrogens (tertiary/aromatic N) is 1. The van der Waals surface area contributed by atoms with Crippen molar-refractivity contribution in [1.29, 1.82) is 5.26 Å². The summed E-state index contributed by atoms with van der Waals surface area (Å²) in [4.78, 5) is 0. The van der Waals surface area contributed by atoms with Crippen LogP contribution in [0.25, 0.3) is 11.1 Å². The van der Waals surface area contributed by atoms with Crippen LogP contribution in [0.1, 0.15) is 5.56 Å². The summed E-state index contributed by atoms with van der Waals surface area (Å²) in [6.07, 6.45) is -4.83. The quantitative estimate of drug-likeness (QED) is 0.783. The van der Waals surface area contributed by atoms with E-state index in [1.165, 1.54) is 30.3 Å². The lowest BCUT2D eigenvalue weighted by atomic mass is 10.0. The molecule has 21 heavy (non-hydrogen) atoms. The van der Waals surface area contributed by atoms with Crippen LogP contribution in [0.3, 0.4) is 0 Å². The van der Waals surface area contributed by atoms with Crippen LogP contribution in [0, 0.1) is 17.1 Å². The van der Waals surface area contributed by atoms with E-state index in [4.69, 9.17) is 5.26 Å². The fourth-order valence-corrected chi connectivity index (χ4v) is 1.88. The standard InChI is InChI=1S/C15H9F4NO/c16-13-6-5-10(7-8-20)9-12(13)11-3-1-2-4-14(11)21-15(17,18)19/h1-6,9H,7H2. The van der Waals surface area contributed by atoms with Crippen molar-refractivity contribution in [2.24, 2.45) is 0 Å². The van der Waals surface area contributed by atoms with Crippen LogP contribution in [-0.4, -0.2) is 6.36 Å². The smallest absolute Gasteiger partial charge is 0.405 e. The fraction of sp³-hybridized carbons (Fsp3) is 0.133. The van der Waals surface area contributed by atoms with Crippen molar-refractivity contribution >= 4 is 0 Å². The molecule has 108 valence electrons. The summed E-state index contributed by atoms with van der Waals surface area (Å²) in [7, 11) is 0. The second-order valence-electron chi connectivity index (χ2n) is 4.19. The first-order chi connectivity index (χ1) is 9.90. The Morgan fingerprint density at radius 2 is 1.76 bits per heavy atom. The third kappa shape index (κ3) is 3.72. The van der Waals surface area contributed by atoms with Gasteiger partial charge in [-0.05, 0) is 23.8 Å². The van der Waals surface area contributed by atoms with Crippen LogP contribution in [0.15, 0.2) is 42.5 Å². The van der Waals surface area contributed by atoms with Crippen LogP contribution in [0.2, 0.25) is 0 Å². The van der Waals surface area contributed by atoms with Gasteiger partial charge in [-0.1, -0.05) is 24.3 Å². The first-order valence-electron chi connectivity index (χ1n) is 5.91. The average molecular weight is 295 g/mol. The molecule has 2 aromatic rings. The first-order valence-corrected chi connectivity index (χ1v) is 5.91. The zero-order valence-corrected chi connectivity index (χ0v) is 10.6. The Morgan fingerprint density at radius 1 is 1.05 bits per heavy atom. The van der Waals surface area contributed by atoms with E-state index in [1.807, 2.05) is 6.07 Å². The second-order valence-corrected chi connectivity index (χ2v) is 4.19. The molecule has 2 rings (SSSR count). The molecule has 0 aromatic heterocycles. The van der Waals surface area contributed by atoms with Gasteiger partial charge in [-0.25, -0.2) is 4.39 Å². The van der Waals surface area contributed by atoms with E-state index in [2.05, 4.69) is 4.74 Å². The number of hydrogen-bond acceptors (Lipinski definition) is 2. The molecule has 2 aromatic carbocycles. The van der Waals surface area contributed by atoms with Gasteiger partial charge in [0.15, 0.2) is 0 Å². The normalized spacial score (nSPS) is 11.0. The Labute approximate surface area is 118 Å². The zero-order chi connectivity index (χ0) is 15.5. The summed E-state index contributed by atoms with van der Waals surface area (Å²) in [6.45, 7) is 0. The molecule has 0 spiro atoms. The molecule has 0 heterocycles. The van der Waals surface area contributed by atoms with Crippen molar-refractivity contribution in [3.05, 3.63) is 53.8 Å². The van der Waals surface area contributed by atoms with E-state index in [1.54, 1.807) is 0 Å². The van der Waals surface area contributed by atoms with Crippen LogP contribution in [0.4, 0.5) is 17.6 Å². The highest BCUT2D eigenvalue weighted by atomic mass is 19.4. The van der Waals surface area contributed by atoms with Crippen LogP contribution in [0.5, 0.6) is 5.75 Å². The highest BCUT2D eigenvalue weighted by molar-refractivity contribution is 5.71. The zero-order valence-electron chi connectivity index (χ0n) is 10.6. The van der Waals surface area contributed by atoms with Crippen LogP contribution < -0.4 is 4.74 Å². The predicted octanol–water partition coefficient (Wildman–Crippen LogP) is 4.46. The molecular weight excluding hydrogens is 286 g/mol. The van der Waals surface area contributed by atoms with E-state index < -0.39 is 17.9 Å². The maximum absolute atomic E-state index is 13.9. The number of halogens is 4. The number of nitriles is 1. The molecule has 0 aliphatic rings. The molecule has 0 aliphatic carbocycles. The molecule has 2 nitrogen and oxygen atoms in total. The molecule has 0 saturated heterocycles. The summed E-state index contributed by atoms with van der Waals surface area (Å²) >= 11 is 0. The van der Waals surface area contributed by atoms with Gasteiger partial charge in [0.2, 0.25) is 0 Å². The minimum atomic E-state index is -4.86. The van der Waals surface area contributed by atoms with Crippen molar-refractivity contribution in [3.8, 4) is 22.9 Å². The van der Waals surface area contributed by atoms with Gasteiger partial charge in [-0.15, -0.1) is 13.2 Å². The number of benzene rings is 2. The summed E-state index contributed by atoms with van der Waals surface area (Å²) < 4.78 is 54.9. The number of ether oxygens (including phenoxy) is 1. The van der Waals surface area contributed by atoms with Gasteiger partial charge in [0.05, 0.1) is 12.5 Å². The molecule has 0 N–H and O–H groups in total. The van der Waals surface area contributed by atoms with E-state index >= 15 is 0 Å². The Bertz CT molecular complexity index is 689. The fourth-order valence-electron chi connectivity index (χ4n) is 1.88. The summed E-state index contributed by atoms with van der Waals surface area (Å²) in [5, 5.41) is 8.64. The van der Waals surface area contributed by atoms with Gasteiger partial charge < -0.3 is 4.74 Å². The molecule has 0 fully saturated rings. The van der Waals surface area contributed by atoms with Gasteiger partial charge in [-0.2, -0.15) is 5.26 Å². The topological polar surface area (TPSA) is 33.0 Å². The minimum absolute atomic E-state index is 0.0212. The Hall–Kier alpha value is -2.55. The minimum Gasteiger partial charge on any atom is -0.405 e. The van der Waals surface area contributed by atoms with E-state index in [0.29, 0.717) is 5.56 Å². The van der Waals surface area contributed by atoms with Gasteiger partial charge in [0.1, 0.15) is 11.6 Å². The average Bonchev–Trinajstić information content (AvgIpc) is 2.40. The molecule has 0 unspecified atom stereocenters. The molecule has 0 saturated carbocycles. The summed E-state index contributed by atoms with van der Waals surface area (Å²) in [5.74, 6) is -1.17. The largest absolute Gasteiger partial charge is 0.573 e. The van der Waals surface area contributed by atoms with E-state index in [9.17, 15) is 17.6 Å². The van der Waals surface area contributed by atoms with Crippen molar-refractivity contribution < 1.29 is 22.3 Å². The van der Waals surface area contributed by atoms with E-state index in [0.717, 1.165) is 12.1 Å². The lowest BCUT2D eigenvalue weighted by molar-refractivity contribution is -0.274. The summed E-state index contributed by atoms with van der Waals surface area (Å²) in [6, 6.07) is 11.1. The van der Waals surface area contributed by atoms with Crippen molar-refractivity contribution in [2.75, 3.05) is 0 Å². The molecule has 0 amide bonds. The molecule has 6 heteroatoms. The second kappa shape index (κ2) is 5.83. The molecule has 0 aliphatic heterocycles. The van der Waals surface area contributed by atoms with E-state index in [-0.39, 0.29) is 17.5 Å². The lowest BCUT2D eigenvalue weighted by Gasteiger charge is -2.14. The number of hydrogen-bond donors (Lipinski definition) is 0. The molecular formula is C15H9F4NO. The number of rotatable bonds is 3. The maximum atomic E-state index is 13.9. The van der Waals surface area contributed by atoms with Gasteiger partial charge >= 0.3 is 6.36 Å². The number of para-hydroxylation sites is 1. The molecule has 0 atom stereocenters. The predicted molar refractivity (Wildman–Crippen MR) is 67.8 cm³/mol. The summed E-state index contributed by atoms with van der Waals surface area (Å²) in [5.41, 5.74) is 0.449. The highest BCUT2D eigenvalue weighted by Crippen LogP contribution is 2.35. The highest BCUT2D eigenvalue weighted by Gasteiger charge is 2.32. The molecule has 0 radical (unpaired) electrons. The van der Waals surface area contributed by atoms with Crippen LogP contribution in [-0.2, 0) is 6.42 Å². The third-order valence-electron chi connectivity index (χ3n) is 2.72. The van der Waals surface area contributed by atoms with Gasteiger partial charge in [-0.3, -0.25) is 0 Å². The number of alkyl halides is 3. The van der Waals surface area contributed by atoms with Gasteiger partial charge in [0.25, 0.3) is 0 Å². The third-order valence-corrected chi connectivity index (χ3v) is 2.72. The molecule has 0 bridgehead atoms. The van der Waals surface area contributed by atoms with Crippen molar-refractivity contribution in [1.82, 2.24) is 0 Å². The maximum Gasteiger partial charge on any atom is 0.573 e.